The van der Waals surface area contributed by atoms with Crippen LogP contribution in [0.3, 0.4) is 0 Å². The van der Waals surface area contributed by atoms with E-state index in [9.17, 15) is 4.55 Å². The van der Waals surface area contributed by atoms with Crippen molar-refractivity contribution in [1.29, 1.82) is 0 Å². The lowest BCUT2D eigenvalue weighted by molar-refractivity contribution is 0.414. The third-order valence-corrected chi connectivity index (χ3v) is 6.26. The van der Waals surface area contributed by atoms with E-state index in [0.717, 1.165) is 17.1 Å². The zero-order chi connectivity index (χ0) is 16.3. The second-order valence-corrected chi connectivity index (χ2v) is 8.59. The second-order valence-electron chi connectivity index (χ2n) is 4.81. The summed E-state index contributed by atoms with van der Waals surface area (Å²) in [6.07, 6.45) is 1.99. The Kier molecular flexibility index (Phi) is 8.53. The molecule has 0 saturated carbocycles. The molecule has 2 aromatic rings. The Bertz CT molecular complexity index is 585. The van der Waals surface area contributed by atoms with Gasteiger partial charge in [0, 0.05) is 11.3 Å². The number of ether oxygens (including phenoxy) is 1. The van der Waals surface area contributed by atoms with Crippen LogP contribution in [0.5, 0.6) is 5.75 Å². The summed E-state index contributed by atoms with van der Waals surface area (Å²) < 4.78 is 17.1. The molecule has 0 saturated heterocycles. The summed E-state index contributed by atoms with van der Waals surface area (Å²) in [5, 5.41) is 2.02. The van der Waals surface area contributed by atoms with E-state index in [1.807, 2.05) is 53.9 Å². The number of hydrogen-bond acceptors (Lipinski definition) is 4. The van der Waals surface area contributed by atoms with Gasteiger partial charge >= 0.3 is 0 Å². The van der Waals surface area contributed by atoms with Crippen LogP contribution in [0.4, 0.5) is 0 Å². The largest absolute Gasteiger partial charge is 0.616 e. The Balaban J connectivity index is 1.61. The first-order chi connectivity index (χ1) is 11.3. The van der Waals surface area contributed by atoms with Gasteiger partial charge in [-0.2, -0.15) is 0 Å². The van der Waals surface area contributed by atoms with E-state index < -0.39 is 11.2 Å². The van der Waals surface area contributed by atoms with E-state index in [1.54, 1.807) is 28.7 Å². The van der Waals surface area contributed by atoms with Crippen LogP contribution in [0.25, 0.3) is 0 Å². The summed E-state index contributed by atoms with van der Waals surface area (Å²) in [6, 6.07) is 18.1. The molecule has 2 rings (SSSR count). The van der Waals surface area contributed by atoms with E-state index in [2.05, 4.69) is 12.1 Å². The predicted molar refractivity (Wildman–Crippen MR) is 104 cm³/mol. The van der Waals surface area contributed by atoms with Gasteiger partial charge < -0.3 is 9.29 Å². The fraction of sp³-hybridized carbons (Fsp3) is 0.222. The molecule has 23 heavy (non-hydrogen) atoms. The molecular formula is C18H20O2S3. The number of benzene rings is 2. The number of hydrogen-bond donors (Lipinski definition) is 0. The minimum Gasteiger partial charge on any atom is -0.616 e. The minimum atomic E-state index is -0.839. The monoisotopic (exact) mass is 364 g/mol. The minimum absolute atomic E-state index is 0.602. The molecule has 1 atom stereocenters. The van der Waals surface area contributed by atoms with Crippen LogP contribution in [0.2, 0.25) is 0 Å². The van der Waals surface area contributed by atoms with Crippen LogP contribution >= 0.6 is 21.6 Å². The zero-order valence-electron chi connectivity index (χ0n) is 13.0. The second kappa shape index (κ2) is 10.7. The van der Waals surface area contributed by atoms with Crippen LogP contribution in [0.15, 0.2) is 66.1 Å². The van der Waals surface area contributed by atoms with Gasteiger partial charge in [-0.1, -0.05) is 64.1 Å². The molecule has 0 bridgehead atoms. The summed E-state index contributed by atoms with van der Waals surface area (Å²) in [5.41, 5.74) is 2.39. The fourth-order valence-corrected chi connectivity index (χ4v) is 4.72. The molecule has 0 heterocycles. The van der Waals surface area contributed by atoms with Gasteiger partial charge in [0.15, 0.2) is 0 Å². The van der Waals surface area contributed by atoms with Crippen molar-refractivity contribution >= 4 is 32.8 Å². The summed E-state index contributed by atoms with van der Waals surface area (Å²) in [6.45, 7) is 0. The highest BCUT2D eigenvalue weighted by molar-refractivity contribution is 8.77. The molecular weight excluding hydrogens is 344 g/mol. The van der Waals surface area contributed by atoms with E-state index >= 15 is 0 Å². The molecule has 0 amide bonds. The average molecular weight is 365 g/mol. The highest BCUT2D eigenvalue weighted by Crippen LogP contribution is 2.27. The highest BCUT2D eigenvalue weighted by Gasteiger charge is 2.04. The van der Waals surface area contributed by atoms with E-state index in [1.165, 1.54) is 5.56 Å². The standard InChI is InChI=1S/C18H20O2S3/c1-20-18-10-8-16(9-11-18)14-22-21-12-5-13-23(19)15-17-6-3-2-4-7-17/h2-12H,13-15H2,1H3/b12-5-. The van der Waals surface area contributed by atoms with Gasteiger partial charge in [0.1, 0.15) is 17.3 Å². The van der Waals surface area contributed by atoms with Crippen molar-refractivity contribution in [3.05, 3.63) is 77.2 Å². The average Bonchev–Trinajstić information content (AvgIpc) is 2.59. The van der Waals surface area contributed by atoms with E-state index in [0.29, 0.717) is 11.5 Å². The molecule has 0 radical (unpaired) electrons. The lowest BCUT2D eigenvalue weighted by Crippen LogP contribution is -2.07. The third kappa shape index (κ3) is 7.40. The number of methoxy groups -OCH3 is 1. The summed E-state index contributed by atoms with van der Waals surface area (Å²) in [5.74, 6) is 3.04. The van der Waals surface area contributed by atoms with Crippen molar-refractivity contribution in [1.82, 2.24) is 0 Å². The third-order valence-electron chi connectivity index (χ3n) is 3.06. The fourth-order valence-electron chi connectivity index (χ4n) is 1.87. The Hall–Kier alpha value is -1.01. The first-order valence-electron chi connectivity index (χ1n) is 7.23. The molecule has 0 aliphatic rings. The summed E-state index contributed by atoms with van der Waals surface area (Å²) in [4.78, 5) is 0. The van der Waals surface area contributed by atoms with Gasteiger partial charge in [-0.25, -0.2) is 0 Å². The van der Waals surface area contributed by atoms with Gasteiger partial charge in [-0.15, -0.1) is 0 Å². The van der Waals surface area contributed by atoms with Gasteiger partial charge in [-0.3, -0.25) is 0 Å². The van der Waals surface area contributed by atoms with Crippen LogP contribution in [-0.4, -0.2) is 17.4 Å². The smallest absolute Gasteiger partial charge is 0.130 e. The van der Waals surface area contributed by atoms with Crippen LogP contribution in [0.1, 0.15) is 11.1 Å². The molecule has 0 fully saturated rings. The highest BCUT2D eigenvalue weighted by atomic mass is 33.1. The maximum absolute atomic E-state index is 12.0. The maximum atomic E-state index is 12.0. The van der Waals surface area contributed by atoms with Crippen molar-refractivity contribution in [3.63, 3.8) is 0 Å². The van der Waals surface area contributed by atoms with E-state index in [-0.39, 0.29) is 0 Å². The van der Waals surface area contributed by atoms with Gasteiger partial charge in [0.25, 0.3) is 0 Å². The first kappa shape index (κ1) is 18.3. The van der Waals surface area contributed by atoms with Crippen molar-refractivity contribution in [2.75, 3.05) is 12.9 Å². The van der Waals surface area contributed by atoms with Gasteiger partial charge in [-0.05, 0) is 40.4 Å². The Labute approximate surface area is 149 Å². The molecule has 1 unspecified atom stereocenters. The molecule has 2 aromatic carbocycles. The normalized spacial score (nSPS) is 12.4. The SMILES string of the molecule is COc1ccc(CSS/C=C\C[S+]([O-])Cc2ccccc2)cc1. The molecule has 0 spiro atoms. The summed E-state index contributed by atoms with van der Waals surface area (Å²) in [7, 11) is 5.12. The molecule has 5 heteroatoms. The van der Waals surface area contributed by atoms with Crippen LogP contribution < -0.4 is 4.74 Å². The topological polar surface area (TPSA) is 32.3 Å². The molecule has 0 N–H and O–H groups in total. The quantitative estimate of drug-likeness (QED) is 0.354. The molecule has 0 aliphatic heterocycles. The first-order valence-corrected chi connectivity index (χ1v) is 11.1. The van der Waals surface area contributed by atoms with Gasteiger partial charge in [0.05, 0.1) is 7.11 Å². The van der Waals surface area contributed by atoms with Crippen molar-refractivity contribution in [3.8, 4) is 5.75 Å². The lowest BCUT2D eigenvalue weighted by Gasteiger charge is -2.08. The van der Waals surface area contributed by atoms with Crippen molar-refractivity contribution in [2.24, 2.45) is 0 Å². The van der Waals surface area contributed by atoms with Crippen molar-refractivity contribution < 1.29 is 9.29 Å². The molecule has 0 aliphatic carbocycles. The maximum Gasteiger partial charge on any atom is 0.130 e. The molecule has 2 nitrogen and oxygen atoms in total. The van der Waals surface area contributed by atoms with Crippen LogP contribution in [0, 0.1) is 0 Å². The summed E-state index contributed by atoms with van der Waals surface area (Å²) >= 11 is -0.839. The zero-order valence-corrected chi connectivity index (χ0v) is 15.5. The molecule has 122 valence electrons. The predicted octanol–water partition coefficient (Wildman–Crippen LogP) is 5.04. The Morgan fingerprint density at radius 2 is 1.78 bits per heavy atom. The number of rotatable bonds is 9. The molecule has 0 aromatic heterocycles. The Morgan fingerprint density at radius 3 is 2.48 bits per heavy atom. The van der Waals surface area contributed by atoms with Crippen LogP contribution in [-0.2, 0) is 22.7 Å². The van der Waals surface area contributed by atoms with E-state index in [4.69, 9.17) is 4.74 Å². The van der Waals surface area contributed by atoms with Crippen molar-refractivity contribution in [2.45, 2.75) is 11.5 Å². The Morgan fingerprint density at radius 1 is 1.04 bits per heavy atom. The lowest BCUT2D eigenvalue weighted by atomic mass is 10.2. The van der Waals surface area contributed by atoms with Gasteiger partial charge in [0.2, 0.25) is 0 Å².